The molecule has 0 aromatic carbocycles. The summed E-state index contributed by atoms with van der Waals surface area (Å²) in [6.07, 6.45) is -1.23. The Kier molecular flexibility index (Phi) is 2.93. The van der Waals surface area contributed by atoms with Crippen LogP contribution < -0.4 is 0 Å². The smallest absolute Gasteiger partial charge is 0.162 e. The number of carbonyl (C=O) groups excluding carboxylic acids is 1. The molecule has 20 heavy (non-hydrogen) atoms. The molecule has 1 saturated heterocycles. The van der Waals surface area contributed by atoms with Crippen molar-refractivity contribution < 1.29 is 24.8 Å². The fraction of sp³-hybridized carbons (Fsp3) is 0.800. The van der Waals surface area contributed by atoms with E-state index >= 15 is 0 Å². The fourth-order valence-electron chi connectivity index (χ4n) is 4.10. The van der Waals surface area contributed by atoms with Gasteiger partial charge in [0.15, 0.2) is 11.4 Å². The van der Waals surface area contributed by atoms with Crippen LogP contribution in [0.4, 0.5) is 0 Å². The molecule has 0 amide bonds. The van der Waals surface area contributed by atoms with Gasteiger partial charge in [0, 0.05) is 18.4 Å². The highest BCUT2D eigenvalue weighted by Crippen LogP contribution is 2.53. The second-order valence-corrected chi connectivity index (χ2v) is 6.89. The molecule has 2 aliphatic carbocycles. The highest BCUT2D eigenvalue weighted by atomic mass is 17.2. The summed E-state index contributed by atoms with van der Waals surface area (Å²) in [5, 5.41) is 21.4. The van der Waals surface area contributed by atoms with Crippen LogP contribution in [0.2, 0.25) is 0 Å². The van der Waals surface area contributed by atoms with Crippen molar-refractivity contribution in [1.29, 1.82) is 0 Å². The van der Waals surface area contributed by atoms with Crippen molar-refractivity contribution in [2.45, 2.75) is 63.9 Å². The molecule has 0 unspecified atom stereocenters. The number of fused-ring (bicyclic) bond motifs is 2. The third-order valence-corrected chi connectivity index (χ3v) is 5.22. The molecule has 4 rings (SSSR count). The Morgan fingerprint density at radius 1 is 1.30 bits per heavy atom. The van der Waals surface area contributed by atoms with E-state index in [9.17, 15) is 15.0 Å². The van der Waals surface area contributed by atoms with E-state index in [1.165, 1.54) is 0 Å². The molecule has 0 spiro atoms. The molecule has 5 atom stereocenters. The van der Waals surface area contributed by atoms with Crippen LogP contribution in [0.25, 0.3) is 0 Å². The average Bonchev–Trinajstić information content (AvgIpc) is 2.54. The number of carbonyl (C=O) groups is 1. The zero-order valence-corrected chi connectivity index (χ0v) is 12.3. The molecule has 1 fully saturated rings. The first-order chi connectivity index (χ1) is 9.24. The Morgan fingerprint density at radius 2 is 1.95 bits per heavy atom. The summed E-state index contributed by atoms with van der Waals surface area (Å²) in [5.41, 5.74) is -0.959. The summed E-state index contributed by atoms with van der Waals surface area (Å²) in [4.78, 5) is 23.4. The molecule has 0 aromatic rings. The summed E-state index contributed by atoms with van der Waals surface area (Å²) in [7, 11) is 0. The molecule has 0 radical (unpaired) electrons. The lowest BCUT2D eigenvalue weighted by molar-refractivity contribution is -0.461. The van der Waals surface area contributed by atoms with Crippen molar-refractivity contribution in [3.63, 3.8) is 0 Å². The maximum absolute atomic E-state index is 12.3. The van der Waals surface area contributed by atoms with E-state index in [2.05, 4.69) is 0 Å². The molecule has 2 N–H and O–H groups in total. The minimum Gasteiger partial charge on any atom is -0.390 e. The van der Waals surface area contributed by atoms with Gasteiger partial charge >= 0.3 is 0 Å². The fourth-order valence-corrected chi connectivity index (χ4v) is 4.10. The third-order valence-electron chi connectivity index (χ3n) is 5.22. The Morgan fingerprint density at radius 3 is 2.50 bits per heavy atom. The number of rotatable bonds is 1. The predicted octanol–water partition coefficient (Wildman–Crippen LogP) is 1.13. The topological polar surface area (TPSA) is 76.0 Å². The van der Waals surface area contributed by atoms with Crippen molar-refractivity contribution in [3.8, 4) is 0 Å². The Labute approximate surface area is 118 Å². The van der Waals surface area contributed by atoms with Gasteiger partial charge in [-0.2, -0.15) is 0 Å². The van der Waals surface area contributed by atoms with Gasteiger partial charge in [0.05, 0.1) is 6.10 Å². The lowest BCUT2D eigenvalue weighted by atomic mass is 9.75. The molecular formula is C15H22O5. The number of ketones is 1. The minimum absolute atomic E-state index is 0.00805. The first kappa shape index (κ1) is 14.2. The van der Waals surface area contributed by atoms with Crippen molar-refractivity contribution in [2.24, 2.45) is 11.8 Å². The summed E-state index contributed by atoms with van der Waals surface area (Å²) in [6, 6.07) is 0. The summed E-state index contributed by atoms with van der Waals surface area (Å²) in [6.45, 7) is 7.44. The van der Waals surface area contributed by atoms with Gasteiger partial charge in [-0.05, 0) is 24.3 Å². The van der Waals surface area contributed by atoms with Crippen LogP contribution in [0.5, 0.6) is 0 Å². The van der Waals surface area contributed by atoms with Crippen LogP contribution in [0.15, 0.2) is 11.1 Å². The Hall–Kier alpha value is -0.750. The van der Waals surface area contributed by atoms with Gasteiger partial charge < -0.3 is 10.2 Å². The largest absolute Gasteiger partial charge is 0.390 e. The minimum atomic E-state index is -1.20. The normalized spacial score (nSPS) is 48.0. The number of Topliss-reactive ketones (excluding diaryl/α,β-unsaturated/α-hetero) is 1. The van der Waals surface area contributed by atoms with Crippen molar-refractivity contribution in [3.05, 3.63) is 11.1 Å². The average molecular weight is 282 g/mol. The van der Waals surface area contributed by atoms with E-state index in [1.54, 1.807) is 6.92 Å². The molecular weight excluding hydrogens is 260 g/mol. The van der Waals surface area contributed by atoms with Crippen LogP contribution in [-0.2, 0) is 14.6 Å². The van der Waals surface area contributed by atoms with E-state index < -0.39 is 23.4 Å². The zero-order valence-electron chi connectivity index (χ0n) is 12.3. The molecule has 4 aliphatic rings. The van der Waals surface area contributed by atoms with E-state index in [1.807, 2.05) is 20.8 Å². The summed E-state index contributed by atoms with van der Waals surface area (Å²) in [5.74, 6) is -0.196. The first-order valence-electron chi connectivity index (χ1n) is 7.24. The van der Waals surface area contributed by atoms with E-state index in [0.29, 0.717) is 17.6 Å². The monoisotopic (exact) mass is 282 g/mol. The van der Waals surface area contributed by atoms with Crippen LogP contribution in [0.3, 0.4) is 0 Å². The maximum atomic E-state index is 12.3. The maximum Gasteiger partial charge on any atom is 0.162 e. The van der Waals surface area contributed by atoms with Crippen molar-refractivity contribution in [2.75, 3.05) is 0 Å². The van der Waals surface area contributed by atoms with Crippen LogP contribution in [-0.4, -0.2) is 39.4 Å². The van der Waals surface area contributed by atoms with Gasteiger partial charge in [-0.3, -0.25) is 4.79 Å². The quantitative estimate of drug-likeness (QED) is 0.705. The van der Waals surface area contributed by atoms with Gasteiger partial charge in [-0.15, -0.1) is 0 Å². The van der Waals surface area contributed by atoms with Gasteiger partial charge in [-0.25, -0.2) is 9.78 Å². The number of hydrogen-bond donors (Lipinski definition) is 2. The molecule has 5 nitrogen and oxygen atoms in total. The molecule has 0 saturated carbocycles. The predicted molar refractivity (Wildman–Crippen MR) is 70.6 cm³/mol. The molecule has 0 aromatic heterocycles. The summed E-state index contributed by atoms with van der Waals surface area (Å²) < 4.78 is 0. The number of aliphatic hydroxyl groups is 2. The molecule has 2 bridgehead atoms. The number of aliphatic hydroxyl groups excluding tert-OH is 2. The van der Waals surface area contributed by atoms with Gasteiger partial charge in [0.2, 0.25) is 0 Å². The standard InChI is InChI=1S/C15H22O5/c1-7(2)15-10(17)6-14(4,19-20-15)12-9(16)5-8(3)11(12)13(15)18/h7-8,10,13,17-18H,5-6H2,1-4H3/t8-,10-,13+,14+,15+/m1/s1. The van der Waals surface area contributed by atoms with Gasteiger partial charge in [0.1, 0.15) is 11.7 Å². The molecule has 112 valence electrons. The van der Waals surface area contributed by atoms with Crippen LogP contribution in [0, 0.1) is 11.8 Å². The Bertz CT molecular complexity index is 496. The van der Waals surface area contributed by atoms with E-state index in [0.717, 1.165) is 0 Å². The second kappa shape index (κ2) is 4.13. The SMILES string of the molecule is CC(C)[C@]12OO[C@@](C)(C[C@H]1O)C1=C([C@H](C)CC1=O)[C@@H]2O. The first-order valence-corrected chi connectivity index (χ1v) is 7.24. The van der Waals surface area contributed by atoms with Crippen LogP contribution in [0.1, 0.15) is 40.5 Å². The van der Waals surface area contributed by atoms with Crippen LogP contribution >= 0.6 is 0 Å². The molecule has 5 heteroatoms. The third kappa shape index (κ3) is 1.49. The lowest BCUT2D eigenvalue weighted by Crippen LogP contribution is -2.62. The zero-order chi connectivity index (χ0) is 14.9. The van der Waals surface area contributed by atoms with Gasteiger partial charge in [0.25, 0.3) is 0 Å². The van der Waals surface area contributed by atoms with Crippen molar-refractivity contribution >= 4 is 5.78 Å². The molecule has 2 aliphatic heterocycles. The number of hydrogen-bond acceptors (Lipinski definition) is 5. The van der Waals surface area contributed by atoms with Crippen molar-refractivity contribution in [1.82, 2.24) is 0 Å². The van der Waals surface area contributed by atoms with E-state index in [-0.39, 0.29) is 24.0 Å². The highest BCUT2D eigenvalue weighted by molar-refractivity contribution is 6.01. The summed E-state index contributed by atoms with van der Waals surface area (Å²) >= 11 is 0. The second-order valence-electron chi connectivity index (χ2n) is 6.89. The lowest BCUT2D eigenvalue weighted by Gasteiger charge is -2.48. The Balaban J connectivity index is 2.23. The molecule has 2 heterocycles. The highest BCUT2D eigenvalue weighted by Gasteiger charge is 2.64. The van der Waals surface area contributed by atoms with E-state index in [4.69, 9.17) is 9.78 Å². The van der Waals surface area contributed by atoms with Gasteiger partial charge in [-0.1, -0.05) is 20.8 Å².